The van der Waals surface area contributed by atoms with Crippen LogP contribution in [0.3, 0.4) is 0 Å². The Bertz CT molecular complexity index is 523. The highest BCUT2D eigenvalue weighted by Gasteiger charge is 2.33. The summed E-state index contributed by atoms with van der Waals surface area (Å²) in [5, 5.41) is 0.754. The van der Waals surface area contributed by atoms with Gasteiger partial charge < -0.3 is 14.4 Å². The summed E-state index contributed by atoms with van der Waals surface area (Å²) in [6.45, 7) is 3.00. The molecule has 1 aromatic rings. The standard InChI is InChI=1S/C15H20N2O3S/c18-14(17-4-3-11(9-17)7-10-1-2-10)12-8-16-13(21-12)15-19-5-6-20-15/h8,10-11,15H,1-7,9H2/t11-/m1/s1. The molecule has 5 nitrogen and oxygen atoms in total. The molecular weight excluding hydrogens is 288 g/mol. The third kappa shape index (κ3) is 2.98. The van der Waals surface area contributed by atoms with Crippen LogP contribution >= 0.6 is 11.3 Å². The van der Waals surface area contributed by atoms with Crippen molar-refractivity contribution in [1.29, 1.82) is 0 Å². The molecule has 3 fully saturated rings. The van der Waals surface area contributed by atoms with Crippen LogP contribution < -0.4 is 0 Å². The van der Waals surface area contributed by atoms with Crippen molar-refractivity contribution >= 4 is 17.2 Å². The summed E-state index contributed by atoms with van der Waals surface area (Å²) in [5.41, 5.74) is 0. The first kappa shape index (κ1) is 13.7. The molecule has 1 amide bonds. The normalized spacial score (nSPS) is 26.7. The molecule has 0 unspecified atom stereocenters. The van der Waals surface area contributed by atoms with Gasteiger partial charge in [-0.2, -0.15) is 0 Å². The fourth-order valence-electron chi connectivity index (χ4n) is 3.19. The topological polar surface area (TPSA) is 51.7 Å². The van der Waals surface area contributed by atoms with Crippen molar-refractivity contribution in [3.63, 3.8) is 0 Å². The molecule has 114 valence electrons. The fourth-order valence-corrected chi connectivity index (χ4v) is 4.07. The lowest BCUT2D eigenvalue weighted by Crippen LogP contribution is -2.28. The fraction of sp³-hybridized carbons (Fsp3) is 0.733. The van der Waals surface area contributed by atoms with Crippen molar-refractivity contribution in [1.82, 2.24) is 9.88 Å². The molecule has 6 heteroatoms. The number of rotatable bonds is 4. The molecule has 0 aromatic carbocycles. The van der Waals surface area contributed by atoms with Crippen molar-refractivity contribution < 1.29 is 14.3 Å². The number of carbonyl (C=O) groups is 1. The summed E-state index contributed by atoms with van der Waals surface area (Å²) in [4.78, 5) is 19.5. The average molecular weight is 308 g/mol. The van der Waals surface area contributed by atoms with Crippen LogP contribution in [0.1, 0.15) is 46.7 Å². The summed E-state index contributed by atoms with van der Waals surface area (Å²) in [7, 11) is 0. The number of ether oxygens (including phenoxy) is 2. The SMILES string of the molecule is O=C(c1cnc(C2OCCO2)s1)N1CC[C@H](CC2CC2)C1. The first-order valence-corrected chi connectivity index (χ1v) is 8.59. The van der Waals surface area contributed by atoms with Crippen LogP contribution in [-0.2, 0) is 9.47 Å². The molecule has 1 atom stereocenters. The molecule has 2 saturated heterocycles. The van der Waals surface area contributed by atoms with Crippen LogP contribution in [0.25, 0.3) is 0 Å². The predicted octanol–water partition coefficient (Wildman–Crippen LogP) is 2.45. The van der Waals surface area contributed by atoms with Crippen molar-refractivity contribution in [2.24, 2.45) is 11.8 Å². The Hall–Kier alpha value is -0.980. The van der Waals surface area contributed by atoms with Gasteiger partial charge in [-0.25, -0.2) is 4.98 Å². The minimum absolute atomic E-state index is 0.120. The quantitative estimate of drug-likeness (QED) is 0.857. The maximum Gasteiger partial charge on any atom is 0.265 e. The maximum absolute atomic E-state index is 12.5. The Kier molecular flexibility index (Phi) is 3.69. The molecule has 3 aliphatic rings. The van der Waals surface area contributed by atoms with Crippen molar-refractivity contribution in [2.75, 3.05) is 26.3 Å². The molecule has 0 spiro atoms. The zero-order valence-corrected chi connectivity index (χ0v) is 12.8. The number of likely N-dealkylation sites (tertiary alicyclic amines) is 1. The van der Waals surface area contributed by atoms with E-state index in [1.807, 2.05) is 4.90 Å². The average Bonchev–Trinajstić information content (AvgIpc) is 2.98. The van der Waals surface area contributed by atoms with Gasteiger partial charge in [-0.05, 0) is 24.7 Å². The molecule has 21 heavy (non-hydrogen) atoms. The van der Waals surface area contributed by atoms with E-state index in [0.29, 0.717) is 24.0 Å². The van der Waals surface area contributed by atoms with Gasteiger partial charge in [-0.1, -0.05) is 12.8 Å². The molecular formula is C15H20N2O3S. The second-order valence-corrected chi connectivity index (χ2v) is 7.28. The van der Waals surface area contributed by atoms with E-state index in [4.69, 9.17) is 9.47 Å². The number of hydrogen-bond acceptors (Lipinski definition) is 5. The smallest absolute Gasteiger partial charge is 0.265 e. The van der Waals surface area contributed by atoms with Crippen LogP contribution in [0, 0.1) is 11.8 Å². The number of amides is 1. The van der Waals surface area contributed by atoms with E-state index < -0.39 is 0 Å². The second kappa shape index (κ2) is 5.66. The largest absolute Gasteiger partial charge is 0.344 e. The van der Waals surface area contributed by atoms with Crippen LogP contribution in [0.5, 0.6) is 0 Å². The zero-order valence-electron chi connectivity index (χ0n) is 12.0. The van der Waals surface area contributed by atoms with Gasteiger partial charge in [0.1, 0.15) is 9.88 Å². The Morgan fingerprint density at radius 2 is 2.10 bits per heavy atom. The number of hydrogen-bond donors (Lipinski definition) is 0. The highest BCUT2D eigenvalue weighted by molar-refractivity contribution is 7.13. The van der Waals surface area contributed by atoms with Gasteiger partial charge in [0.2, 0.25) is 6.29 Å². The summed E-state index contributed by atoms with van der Waals surface area (Å²) in [6, 6.07) is 0. The third-order valence-electron chi connectivity index (χ3n) is 4.49. The van der Waals surface area contributed by atoms with Gasteiger partial charge in [0.25, 0.3) is 5.91 Å². The number of thiazole rings is 1. The molecule has 0 N–H and O–H groups in total. The van der Waals surface area contributed by atoms with E-state index in [2.05, 4.69) is 4.98 Å². The summed E-state index contributed by atoms with van der Waals surface area (Å²) in [6.07, 6.45) is 6.54. The van der Waals surface area contributed by atoms with Gasteiger partial charge >= 0.3 is 0 Å². The van der Waals surface area contributed by atoms with Crippen LogP contribution in [-0.4, -0.2) is 42.1 Å². The first-order valence-electron chi connectivity index (χ1n) is 7.78. The molecule has 2 aliphatic heterocycles. The Labute approximate surface area is 128 Å². The number of nitrogens with zero attached hydrogens (tertiary/aromatic N) is 2. The van der Waals surface area contributed by atoms with E-state index in [0.717, 1.165) is 30.4 Å². The zero-order chi connectivity index (χ0) is 14.2. The van der Waals surface area contributed by atoms with Crippen LogP contribution in [0.2, 0.25) is 0 Å². The molecule has 4 rings (SSSR count). The van der Waals surface area contributed by atoms with Crippen LogP contribution in [0.4, 0.5) is 0 Å². The van der Waals surface area contributed by atoms with Gasteiger partial charge in [-0.15, -0.1) is 11.3 Å². The summed E-state index contributed by atoms with van der Waals surface area (Å²) in [5.74, 6) is 1.77. The van der Waals surface area contributed by atoms with E-state index >= 15 is 0 Å². The summed E-state index contributed by atoms with van der Waals surface area (Å²) < 4.78 is 10.9. The monoisotopic (exact) mass is 308 g/mol. The highest BCUT2D eigenvalue weighted by Crippen LogP contribution is 2.38. The van der Waals surface area contributed by atoms with Gasteiger partial charge in [0, 0.05) is 13.1 Å². The van der Waals surface area contributed by atoms with Gasteiger partial charge in [-0.3, -0.25) is 4.79 Å². The molecule has 0 bridgehead atoms. The molecule has 1 aliphatic carbocycles. The number of carbonyl (C=O) groups excluding carboxylic acids is 1. The van der Waals surface area contributed by atoms with E-state index in [-0.39, 0.29) is 12.2 Å². The minimum Gasteiger partial charge on any atom is -0.344 e. The van der Waals surface area contributed by atoms with Gasteiger partial charge in [0.05, 0.1) is 19.4 Å². The van der Waals surface area contributed by atoms with Gasteiger partial charge in [0.15, 0.2) is 0 Å². The Balaban J connectivity index is 1.38. The van der Waals surface area contributed by atoms with E-state index in [9.17, 15) is 4.79 Å². The van der Waals surface area contributed by atoms with E-state index in [1.54, 1.807) is 6.20 Å². The summed E-state index contributed by atoms with van der Waals surface area (Å²) >= 11 is 1.40. The minimum atomic E-state index is -0.377. The lowest BCUT2D eigenvalue weighted by Gasteiger charge is -2.15. The number of aromatic nitrogens is 1. The Morgan fingerprint density at radius 3 is 2.86 bits per heavy atom. The second-order valence-electron chi connectivity index (χ2n) is 6.22. The lowest BCUT2D eigenvalue weighted by molar-refractivity contribution is -0.0442. The predicted molar refractivity (Wildman–Crippen MR) is 78.1 cm³/mol. The molecule has 3 heterocycles. The van der Waals surface area contributed by atoms with Crippen LogP contribution in [0.15, 0.2) is 6.20 Å². The molecule has 0 radical (unpaired) electrons. The van der Waals surface area contributed by atoms with Crippen molar-refractivity contribution in [3.8, 4) is 0 Å². The maximum atomic E-state index is 12.5. The third-order valence-corrected chi connectivity index (χ3v) is 5.50. The Morgan fingerprint density at radius 1 is 1.29 bits per heavy atom. The first-order chi connectivity index (χ1) is 10.3. The lowest BCUT2D eigenvalue weighted by atomic mass is 10.0. The van der Waals surface area contributed by atoms with Crippen molar-refractivity contribution in [2.45, 2.75) is 32.0 Å². The van der Waals surface area contributed by atoms with Crippen molar-refractivity contribution in [3.05, 3.63) is 16.1 Å². The molecule has 1 saturated carbocycles. The highest BCUT2D eigenvalue weighted by atomic mass is 32.1. The van der Waals surface area contributed by atoms with E-state index in [1.165, 1.54) is 30.6 Å². The molecule has 1 aromatic heterocycles.